The predicted molar refractivity (Wildman–Crippen MR) is 119 cm³/mol. The van der Waals surface area contributed by atoms with E-state index in [-0.39, 0.29) is 24.0 Å². The van der Waals surface area contributed by atoms with Gasteiger partial charge in [-0.2, -0.15) is 0 Å². The van der Waals surface area contributed by atoms with E-state index >= 15 is 0 Å². The molecule has 1 aromatic carbocycles. The molecule has 1 aromatic heterocycles. The number of benzene rings is 1. The number of aliphatic imine (C=N–C) groups is 1. The van der Waals surface area contributed by atoms with Crippen LogP contribution in [0.1, 0.15) is 47.2 Å². The first-order chi connectivity index (χ1) is 11.6. The third-order valence-corrected chi connectivity index (χ3v) is 4.79. The molecular weight excluding hydrogens is 443 g/mol. The molecule has 0 radical (unpaired) electrons. The maximum Gasteiger partial charge on any atom is 0.191 e. The molecule has 6 heteroatoms. The number of nitrogens with one attached hydrogen (secondary N) is 2. The highest BCUT2D eigenvalue weighted by atomic mass is 127. The summed E-state index contributed by atoms with van der Waals surface area (Å²) in [5.74, 6) is 1.43. The lowest BCUT2D eigenvalue weighted by atomic mass is 10.0. The summed E-state index contributed by atoms with van der Waals surface area (Å²) in [6, 6.07) is 8.97. The van der Waals surface area contributed by atoms with Gasteiger partial charge in [-0.15, -0.1) is 35.3 Å². The standard InChI is InChI=1S/C19H28N4S.HI/c1-14(2)17-9-7-16(8-10-17)6-5-11-21-19(20-4)23-13-18-22-12-15(3)24-18;/h7-10,12,14H,5-6,11,13H2,1-4H3,(H2,20,21,23);1H. The van der Waals surface area contributed by atoms with Crippen molar-refractivity contribution in [3.63, 3.8) is 0 Å². The largest absolute Gasteiger partial charge is 0.356 e. The van der Waals surface area contributed by atoms with Crippen molar-refractivity contribution in [2.45, 2.75) is 46.1 Å². The van der Waals surface area contributed by atoms with Crippen LogP contribution >= 0.6 is 35.3 Å². The quantitative estimate of drug-likeness (QED) is 0.270. The molecule has 0 bridgehead atoms. The minimum Gasteiger partial charge on any atom is -0.356 e. The van der Waals surface area contributed by atoms with Gasteiger partial charge in [-0.3, -0.25) is 4.99 Å². The van der Waals surface area contributed by atoms with Crippen LogP contribution in [0.15, 0.2) is 35.5 Å². The Hall–Kier alpha value is -1.15. The molecule has 0 saturated heterocycles. The van der Waals surface area contributed by atoms with E-state index < -0.39 is 0 Å². The maximum absolute atomic E-state index is 4.35. The fourth-order valence-electron chi connectivity index (χ4n) is 2.43. The third-order valence-electron chi connectivity index (χ3n) is 3.88. The summed E-state index contributed by atoms with van der Waals surface area (Å²) < 4.78 is 0. The zero-order valence-electron chi connectivity index (χ0n) is 15.5. The van der Waals surface area contributed by atoms with Crippen LogP contribution in [0.4, 0.5) is 0 Å². The van der Waals surface area contributed by atoms with Crippen molar-refractivity contribution in [3.8, 4) is 0 Å². The molecule has 0 unspecified atom stereocenters. The van der Waals surface area contributed by atoms with Crippen LogP contribution in [-0.2, 0) is 13.0 Å². The van der Waals surface area contributed by atoms with Crippen molar-refractivity contribution < 1.29 is 0 Å². The second kappa shape index (κ2) is 11.5. The topological polar surface area (TPSA) is 49.3 Å². The van der Waals surface area contributed by atoms with Crippen LogP contribution in [0, 0.1) is 6.92 Å². The summed E-state index contributed by atoms with van der Waals surface area (Å²) in [7, 11) is 1.80. The second-order valence-corrected chi connectivity index (χ2v) is 7.54. The smallest absolute Gasteiger partial charge is 0.191 e. The lowest BCUT2D eigenvalue weighted by Gasteiger charge is -2.11. The van der Waals surface area contributed by atoms with Crippen LogP contribution < -0.4 is 10.6 Å². The molecule has 0 aliphatic carbocycles. The number of hydrogen-bond acceptors (Lipinski definition) is 3. The zero-order valence-corrected chi connectivity index (χ0v) is 18.7. The van der Waals surface area contributed by atoms with Crippen molar-refractivity contribution >= 4 is 41.3 Å². The van der Waals surface area contributed by atoms with E-state index in [4.69, 9.17) is 0 Å². The van der Waals surface area contributed by atoms with Gasteiger partial charge in [-0.25, -0.2) is 4.98 Å². The van der Waals surface area contributed by atoms with E-state index in [1.165, 1.54) is 16.0 Å². The fraction of sp³-hybridized carbons (Fsp3) is 0.474. The summed E-state index contributed by atoms with van der Waals surface area (Å²) in [4.78, 5) is 9.84. The first kappa shape index (κ1) is 21.9. The Morgan fingerprint density at radius 1 is 1.20 bits per heavy atom. The van der Waals surface area contributed by atoms with Gasteiger partial charge in [0.15, 0.2) is 5.96 Å². The van der Waals surface area contributed by atoms with Crippen molar-refractivity contribution in [2.24, 2.45) is 4.99 Å². The van der Waals surface area contributed by atoms with Crippen LogP contribution in [0.5, 0.6) is 0 Å². The van der Waals surface area contributed by atoms with Crippen molar-refractivity contribution in [3.05, 3.63) is 51.5 Å². The SMILES string of the molecule is CN=C(NCCCc1ccc(C(C)C)cc1)NCc1ncc(C)s1.I. The van der Waals surface area contributed by atoms with Gasteiger partial charge in [-0.05, 0) is 36.8 Å². The average molecular weight is 472 g/mol. The van der Waals surface area contributed by atoms with Crippen LogP contribution in [0.2, 0.25) is 0 Å². The summed E-state index contributed by atoms with van der Waals surface area (Å²) >= 11 is 1.71. The van der Waals surface area contributed by atoms with Gasteiger partial charge in [0, 0.05) is 24.7 Å². The summed E-state index contributed by atoms with van der Waals surface area (Å²) in [5.41, 5.74) is 2.79. The number of guanidine groups is 1. The molecule has 2 rings (SSSR count). The Bertz CT molecular complexity index is 650. The van der Waals surface area contributed by atoms with E-state index in [1.54, 1.807) is 18.4 Å². The van der Waals surface area contributed by atoms with Gasteiger partial charge in [0.25, 0.3) is 0 Å². The number of thiazole rings is 1. The Balaban J connectivity index is 0.00000312. The lowest BCUT2D eigenvalue weighted by molar-refractivity contribution is 0.740. The van der Waals surface area contributed by atoms with Gasteiger partial charge >= 0.3 is 0 Å². The molecule has 2 aromatic rings. The number of hydrogen-bond donors (Lipinski definition) is 2. The molecule has 0 aliphatic heterocycles. The number of aryl methyl sites for hydroxylation is 2. The van der Waals surface area contributed by atoms with Crippen molar-refractivity contribution in [1.29, 1.82) is 0 Å². The van der Waals surface area contributed by atoms with Crippen molar-refractivity contribution in [1.82, 2.24) is 15.6 Å². The monoisotopic (exact) mass is 472 g/mol. The maximum atomic E-state index is 4.35. The van der Waals surface area contributed by atoms with Crippen molar-refractivity contribution in [2.75, 3.05) is 13.6 Å². The highest BCUT2D eigenvalue weighted by molar-refractivity contribution is 14.0. The molecule has 0 atom stereocenters. The van der Waals surface area contributed by atoms with Gasteiger partial charge in [0.2, 0.25) is 0 Å². The van der Waals surface area contributed by atoms with Crippen LogP contribution in [0.3, 0.4) is 0 Å². The minimum absolute atomic E-state index is 0. The average Bonchev–Trinajstić information content (AvgIpc) is 3.00. The third kappa shape index (κ3) is 7.73. The van der Waals surface area contributed by atoms with Gasteiger partial charge in [0.05, 0.1) is 6.54 Å². The first-order valence-corrected chi connectivity index (χ1v) is 9.35. The van der Waals surface area contributed by atoms with E-state index in [0.29, 0.717) is 5.92 Å². The normalized spacial score (nSPS) is 11.3. The first-order valence-electron chi connectivity index (χ1n) is 8.53. The molecule has 1 heterocycles. The summed E-state index contributed by atoms with van der Waals surface area (Å²) in [5, 5.41) is 7.75. The zero-order chi connectivity index (χ0) is 17.4. The number of nitrogens with zero attached hydrogens (tertiary/aromatic N) is 2. The summed E-state index contributed by atoms with van der Waals surface area (Å²) in [6.45, 7) is 8.15. The van der Waals surface area contributed by atoms with Gasteiger partial charge < -0.3 is 10.6 Å². The Kier molecular flexibility index (Phi) is 10.0. The molecule has 0 spiro atoms. The highest BCUT2D eigenvalue weighted by Crippen LogP contribution is 2.15. The van der Waals surface area contributed by atoms with Crippen LogP contribution in [0.25, 0.3) is 0 Å². The van der Waals surface area contributed by atoms with E-state index in [2.05, 4.69) is 65.6 Å². The fourth-order valence-corrected chi connectivity index (χ4v) is 3.16. The molecule has 0 saturated carbocycles. The van der Waals surface area contributed by atoms with E-state index in [1.807, 2.05) is 6.20 Å². The van der Waals surface area contributed by atoms with Crippen LogP contribution in [-0.4, -0.2) is 24.5 Å². The number of halogens is 1. The Labute approximate surface area is 172 Å². The number of rotatable bonds is 7. The predicted octanol–water partition coefficient (Wildman–Crippen LogP) is 4.49. The molecule has 0 fully saturated rings. The van der Waals surface area contributed by atoms with E-state index in [0.717, 1.165) is 36.9 Å². The highest BCUT2D eigenvalue weighted by Gasteiger charge is 2.02. The molecule has 0 amide bonds. The minimum atomic E-state index is 0. The lowest BCUT2D eigenvalue weighted by Crippen LogP contribution is -2.37. The number of aromatic nitrogens is 1. The molecule has 0 aliphatic rings. The van der Waals surface area contributed by atoms with Gasteiger partial charge in [-0.1, -0.05) is 38.1 Å². The molecule has 138 valence electrons. The summed E-state index contributed by atoms with van der Waals surface area (Å²) in [6.07, 6.45) is 4.06. The molecule has 4 nitrogen and oxygen atoms in total. The van der Waals surface area contributed by atoms with Gasteiger partial charge in [0.1, 0.15) is 5.01 Å². The molecule has 2 N–H and O–H groups in total. The second-order valence-electron chi connectivity index (χ2n) is 6.22. The Morgan fingerprint density at radius 2 is 1.92 bits per heavy atom. The molecule has 25 heavy (non-hydrogen) atoms. The Morgan fingerprint density at radius 3 is 2.48 bits per heavy atom. The van der Waals surface area contributed by atoms with E-state index in [9.17, 15) is 0 Å². The molecular formula is C19H29IN4S.